The molecule has 2 aromatic rings. The van der Waals surface area contributed by atoms with Gasteiger partial charge in [0.15, 0.2) is 5.11 Å². The summed E-state index contributed by atoms with van der Waals surface area (Å²) < 4.78 is 5.81. The Morgan fingerprint density at radius 1 is 0.946 bits per heavy atom. The van der Waals surface area contributed by atoms with E-state index in [1.54, 1.807) is 0 Å². The normalized spacial score (nSPS) is 15.4. The lowest BCUT2D eigenvalue weighted by molar-refractivity contribution is -0.142. The standard InChI is InChI=1S/C29H39N3O4S/c1-20(2)17-25(32-29(37)30-23-11-7-4-8-12-23)27(33)31-26(28(34)35)18-21-13-15-24(16-14-21)36-19-22-9-5-3-6-10-22/h3,5-6,9-10,13-16,20,23,25-26H,4,7-8,11-12,17-19H2,1-2H3,(H,31,33)(H,34,35)(H2,30,32,37)/t25-,26-/m0/s1. The Kier molecular flexibility index (Phi) is 11.2. The molecule has 37 heavy (non-hydrogen) atoms. The first kappa shape index (κ1) is 28.4. The minimum absolute atomic E-state index is 0.166. The Morgan fingerprint density at radius 3 is 2.24 bits per heavy atom. The fourth-order valence-electron chi connectivity index (χ4n) is 4.51. The number of carbonyl (C=O) groups excluding carboxylic acids is 1. The van der Waals surface area contributed by atoms with Crippen LogP contribution in [0.25, 0.3) is 0 Å². The smallest absolute Gasteiger partial charge is 0.326 e. The molecule has 2 aromatic carbocycles. The summed E-state index contributed by atoms with van der Waals surface area (Å²) in [5.74, 6) is -0.517. The number of carboxylic acids is 1. The third-order valence-corrected chi connectivity index (χ3v) is 6.73. The molecule has 0 heterocycles. The topological polar surface area (TPSA) is 99.7 Å². The predicted octanol–water partition coefficient (Wildman–Crippen LogP) is 4.59. The second-order valence-corrected chi connectivity index (χ2v) is 10.6. The van der Waals surface area contributed by atoms with Crippen LogP contribution in [-0.2, 0) is 22.6 Å². The van der Waals surface area contributed by atoms with Gasteiger partial charge < -0.3 is 25.8 Å². The van der Waals surface area contributed by atoms with Crippen LogP contribution in [-0.4, -0.2) is 40.2 Å². The van der Waals surface area contributed by atoms with Crippen molar-refractivity contribution < 1.29 is 19.4 Å². The average Bonchev–Trinajstić information content (AvgIpc) is 2.88. The highest BCUT2D eigenvalue weighted by Gasteiger charge is 2.27. The van der Waals surface area contributed by atoms with Gasteiger partial charge in [-0.1, -0.05) is 75.6 Å². The lowest BCUT2D eigenvalue weighted by Gasteiger charge is -2.28. The second kappa shape index (κ2) is 14.6. The van der Waals surface area contributed by atoms with Gasteiger partial charge in [0.2, 0.25) is 5.91 Å². The van der Waals surface area contributed by atoms with Crippen LogP contribution >= 0.6 is 12.2 Å². The number of ether oxygens (including phenoxy) is 1. The molecular formula is C29H39N3O4S. The van der Waals surface area contributed by atoms with E-state index in [-0.39, 0.29) is 18.2 Å². The lowest BCUT2D eigenvalue weighted by atomic mass is 9.96. The summed E-state index contributed by atoms with van der Waals surface area (Å²) in [6.45, 7) is 4.50. The Labute approximate surface area is 225 Å². The van der Waals surface area contributed by atoms with Crippen LogP contribution in [0.3, 0.4) is 0 Å². The zero-order chi connectivity index (χ0) is 26.6. The maximum absolute atomic E-state index is 13.1. The number of nitrogens with one attached hydrogen (secondary N) is 3. The molecule has 4 N–H and O–H groups in total. The van der Waals surface area contributed by atoms with Gasteiger partial charge in [0.25, 0.3) is 0 Å². The van der Waals surface area contributed by atoms with Crippen molar-refractivity contribution in [3.63, 3.8) is 0 Å². The van der Waals surface area contributed by atoms with E-state index in [0.29, 0.717) is 29.9 Å². The first-order chi connectivity index (χ1) is 17.8. The Bertz CT molecular complexity index is 1010. The molecule has 2 atom stereocenters. The van der Waals surface area contributed by atoms with E-state index in [4.69, 9.17) is 17.0 Å². The Hall–Kier alpha value is -3.13. The van der Waals surface area contributed by atoms with Gasteiger partial charge in [-0.15, -0.1) is 0 Å². The molecule has 0 saturated heterocycles. The van der Waals surface area contributed by atoms with E-state index in [1.807, 2.05) is 68.4 Å². The van der Waals surface area contributed by atoms with Crippen molar-refractivity contribution in [1.29, 1.82) is 0 Å². The van der Waals surface area contributed by atoms with Crippen LogP contribution in [0.15, 0.2) is 54.6 Å². The number of amides is 1. The third kappa shape index (κ3) is 10.0. The molecule has 0 aliphatic heterocycles. The molecule has 0 bridgehead atoms. The van der Waals surface area contributed by atoms with Crippen LogP contribution < -0.4 is 20.7 Å². The number of aliphatic carboxylic acids is 1. The maximum Gasteiger partial charge on any atom is 0.326 e. The van der Waals surface area contributed by atoms with Gasteiger partial charge in [0.1, 0.15) is 24.4 Å². The lowest BCUT2D eigenvalue weighted by Crippen LogP contribution is -2.55. The number of carbonyl (C=O) groups is 2. The van der Waals surface area contributed by atoms with E-state index in [2.05, 4.69) is 16.0 Å². The van der Waals surface area contributed by atoms with Gasteiger partial charge in [-0.05, 0) is 60.7 Å². The van der Waals surface area contributed by atoms with Crippen molar-refractivity contribution in [1.82, 2.24) is 16.0 Å². The fourth-order valence-corrected chi connectivity index (χ4v) is 4.81. The molecule has 0 unspecified atom stereocenters. The molecule has 1 saturated carbocycles. The highest BCUT2D eigenvalue weighted by atomic mass is 32.1. The number of hydrogen-bond acceptors (Lipinski definition) is 4. The molecule has 200 valence electrons. The van der Waals surface area contributed by atoms with Crippen molar-refractivity contribution in [2.24, 2.45) is 5.92 Å². The highest BCUT2D eigenvalue weighted by Crippen LogP contribution is 2.18. The van der Waals surface area contributed by atoms with Gasteiger partial charge in [0.05, 0.1) is 0 Å². The monoisotopic (exact) mass is 525 g/mol. The minimum Gasteiger partial charge on any atom is -0.489 e. The van der Waals surface area contributed by atoms with Gasteiger partial charge in [-0.25, -0.2) is 4.79 Å². The molecule has 1 aliphatic carbocycles. The largest absolute Gasteiger partial charge is 0.489 e. The number of rotatable bonds is 12. The number of hydrogen-bond donors (Lipinski definition) is 4. The first-order valence-corrected chi connectivity index (χ1v) is 13.6. The van der Waals surface area contributed by atoms with Crippen molar-refractivity contribution >= 4 is 29.2 Å². The van der Waals surface area contributed by atoms with Gasteiger partial charge in [-0.3, -0.25) is 4.79 Å². The van der Waals surface area contributed by atoms with E-state index in [0.717, 1.165) is 24.0 Å². The first-order valence-electron chi connectivity index (χ1n) is 13.2. The Balaban J connectivity index is 1.56. The number of benzene rings is 2. The van der Waals surface area contributed by atoms with Crippen molar-refractivity contribution in [3.05, 3.63) is 65.7 Å². The fraction of sp³-hybridized carbons (Fsp3) is 0.483. The van der Waals surface area contributed by atoms with Gasteiger partial charge in [0, 0.05) is 12.5 Å². The van der Waals surface area contributed by atoms with Crippen LogP contribution in [0.2, 0.25) is 0 Å². The second-order valence-electron chi connectivity index (χ2n) is 10.2. The zero-order valence-corrected chi connectivity index (χ0v) is 22.6. The molecule has 0 radical (unpaired) electrons. The molecule has 0 spiro atoms. The number of thiocarbonyl (C=S) groups is 1. The molecule has 1 aliphatic rings. The molecule has 8 heteroatoms. The summed E-state index contributed by atoms with van der Waals surface area (Å²) in [5, 5.41) is 19.5. The molecule has 1 fully saturated rings. The summed E-state index contributed by atoms with van der Waals surface area (Å²) in [4.78, 5) is 25.1. The molecule has 0 aromatic heterocycles. The predicted molar refractivity (Wildman–Crippen MR) is 149 cm³/mol. The molecule has 3 rings (SSSR count). The number of carboxylic acid groups (broad SMARTS) is 1. The van der Waals surface area contributed by atoms with Crippen LogP contribution in [0, 0.1) is 5.92 Å². The molecule has 7 nitrogen and oxygen atoms in total. The molecular weight excluding hydrogens is 486 g/mol. The van der Waals surface area contributed by atoms with Crippen molar-refractivity contribution in [2.45, 2.75) is 83.5 Å². The maximum atomic E-state index is 13.1. The van der Waals surface area contributed by atoms with E-state index < -0.39 is 18.1 Å². The summed E-state index contributed by atoms with van der Waals surface area (Å²) in [7, 11) is 0. The Morgan fingerprint density at radius 2 is 1.62 bits per heavy atom. The van der Waals surface area contributed by atoms with Gasteiger partial charge in [-0.2, -0.15) is 0 Å². The highest BCUT2D eigenvalue weighted by molar-refractivity contribution is 7.80. The zero-order valence-electron chi connectivity index (χ0n) is 21.7. The van der Waals surface area contributed by atoms with Crippen molar-refractivity contribution in [3.8, 4) is 5.75 Å². The van der Waals surface area contributed by atoms with Gasteiger partial charge >= 0.3 is 5.97 Å². The van der Waals surface area contributed by atoms with E-state index in [1.165, 1.54) is 19.3 Å². The summed E-state index contributed by atoms with van der Waals surface area (Å²) in [6, 6.07) is 15.8. The van der Waals surface area contributed by atoms with Crippen molar-refractivity contribution in [2.75, 3.05) is 0 Å². The summed E-state index contributed by atoms with van der Waals surface area (Å²) in [5.41, 5.74) is 1.86. The third-order valence-electron chi connectivity index (χ3n) is 6.50. The minimum atomic E-state index is -1.08. The van der Waals surface area contributed by atoms with E-state index >= 15 is 0 Å². The van der Waals surface area contributed by atoms with Crippen LogP contribution in [0.4, 0.5) is 0 Å². The summed E-state index contributed by atoms with van der Waals surface area (Å²) in [6.07, 6.45) is 6.45. The SMILES string of the molecule is CC(C)C[C@H](NC(=S)NC1CCCCC1)C(=O)N[C@@H](Cc1ccc(OCc2ccccc2)cc1)C(=O)O. The van der Waals surface area contributed by atoms with Crippen LogP contribution in [0.1, 0.15) is 63.5 Å². The quantitative estimate of drug-likeness (QED) is 0.301. The molecule has 1 amide bonds. The summed E-state index contributed by atoms with van der Waals surface area (Å²) >= 11 is 5.49. The van der Waals surface area contributed by atoms with E-state index in [9.17, 15) is 14.7 Å². The average molecular weight is 526 g/mol. The van der Waals surface area contributed by atoms with Crippen LogP contribution in [0.5, 0.6) is 5.75 Å².